The summed E-state index contributed by atoms with van der Waals surface area (Å²) in [6.07, 6.45) is 1.89. The highest BCUT2D eigenvalue weighted by Gasteiger charge is 2.21. The third-order valence-electron chi connectivity index (χ3n) is 3.66. The van der Waals surface area contributed by atoms with Crippen molar-refractivity contribution in [3.05, 3.63) is 70.2 Å². The quantitative estimate of drug-likeness (QED) is 0.734. The fourth-order valence-electron chi connectivity index (χ4n) is 2.57. The summed E-state index contributed by atoms with van der Waals surface area (Å²) in [5, 5.41) is 4.65. The maximum absolute atomic E-state index is 12.2. The van der Waals surface area contributed by atoms with Crippen LogP contribution in [0.15, 0.2) is 54.0 Å². The molecule has 0 spiro atoms. The van der Waals surface area contributed by atoms with Crippen molar-refractivity contribution in [2.24, 2.45) is 0 Å². The molecule has 6 heteroatoms. The summed E-state index contributed by atoms with van der Waals surface area (Å²) < 4.78 is 7.20. The van der Waals surface area contributed by atoms with Gasteiger partial charge in [-0.05, 0) is 41.8 Å². The molecule has 0 radical (unpaired) electrons. The van der Waals surface area contributed by atoms with E-state index in [0.29, 0.717) is 16.1 Å². The molecule has 3 heterocycles. The number of nitrogens with one attached hydrogen (secondary N) is 1. The molecule has 0 aliphatic carbocycles. The highest BCUT2D eigenvalue weighted by Crippen LogP contribution is 2.26. The number of thiophene rings is 1. The number of hydrogen-bond acceptors (Lipinski definition) is 4. The molecule has 5 nitrogen and oxygen atoms in total. The summed E-state index contributed by atoms with van der Waals surface area (Å²) in [6.45, 7) is 0.234. The van der Waals surface area contributed by atoms with Gasteiger partial charge in [-0.2, -0.15) is 0 Å². The summed E-state index contributed by atoms with van der Waals surface area (Å²) in [6, 6.07) is 12.6. The molecule has 3 aromatic rings. The second-order valence-electron chi connectivity index (χ2n) is 5.11. The van der Waals surface area contributed by atoms with E-state index >= 15 is 0 Å². The molecule has 114 valence electrons. The molecular formula is C17H12N2O3S. The fraction of sp³-hybridized carbons (Fsp3) is 0.0588. The molecule has 0 unspecified atom stereocenters. The number of benzene rings is 1. The van der Waals surface area contributed by atoms with Gasteiger partial charge in [-0.3, -0.25) is 4.79 Å². The minimum absolute atomic E-state index is 0.191. The molecular weight excluding hydrogens is 312 g/mol. The fourth-order valence-corrected chi connectivity index (χ4v) is 3.19. The van der Waals surface area contributed by atoms with E-state index in [-0.39, 0.29) is 12.5 Å². The number of aromatic nitrogens is 1. The van der Waals surface area contributed by atoms with Crippen molar-refractivity contribution in [3.8, 4) is 5.69 Å². The number of rotatable bonds is 2. The number of hydrogen-bond donors (Lipinski definition) is 1. The Balaban J connectivity index is 1.71. The number of anilines is 1. The molecule has 23 heavy (non-hydrogen) atoms. The van der Waals surface area contributed by atoms with Crippen LogP contribution in [-0.4, -0.2) is 16.4 Å². The monoisotopic (exact) mass is 324 g/mol. The number of fused-ring (bicyclic) bond motifs is 3. The highest BCUT2D eigenvalue weighted by molar-refractivity contribution is 7.12. The Morgan fingerprint density at radius 3 is 2.96 bits per heavy atom. The van der Waals surface area contributed by atoms with Crippen LogP contribution in [-0.2, 0) is 11.3 Å². The van der Waals surface area contributed by atoms with E-state index in [0.717, 1.165) is 11.4 Å². The zero-order chi connectivity index (χ0) is 15.8. The summed E-state index contributed by atoms with van der Waals surface area (Å²) in [5.74, 6) is -0.584. The van der Waals surface area contributed by atoms with E-state index < -0.39 is 5.97 Å². The third-order valence-corrected chi connectivity index (χ3v) is 4.53. The first-order valence-electron chi connectivity index (χ1n) is 7.05. The second kappa shape index (κ2) is 5.40. The lowest BCUT2D eigenvalue weighted by Gasteiger charge is -2.10. The van der Waals surface area contributed by atoms with Crippen LogP contribution >= 0.6 is 11.3 Å². The summed E-state index contributed by atoms with van der Waals surface area (Å²) in [5.41, 5.74) is 2.66. The molecule has 1 N–H and O–H groups in total. The zero-order valence-corrected chi connectivity index (χ0v) is 12.8. The van der Waals surface area contributed by atoms with Gasteiger partial charge in [-0.1, -0.05) is 6.07 Å². The average molecular weight is 324 g/mol. The SMILES string of the molecule is O=C(Nc1ccc2c(c1)C(=O)OCc1cccn1-2)c1cccs1. The Hall–Kier alpha value is -2.86. The molecule has 0 saturated heterocycles. The maximum Gasteiger partial charge on any atom is 0.340 e. The minimum Gasteiger partial charge on any atom is -0.456 e. The van der Waals surface area contributed by atoms with Gasteiger partial charge in [0.15, 0.2) is 0 Å². The zero-order valence-electron chi connectivity index (χ0n) is 12.0. The molecule has 1 aliphatic heterocycles. The van der Waals surface area contributed by atoms with E-state index in [4.69, 9.17) is 4.74 Å². The molecule has 0 atom stereocenters. The van der Waals surface area contributed by atoms with Gasteiger partial charge in [0.2, 0.25) is 0 Å². The number of nitrogens with zero attached hydrogens (tertiary/aromatic N) is 1. The van der Waals surface area contributed by atoms with Crippen LogP contribution in [0.2, 0.25) is 0 Å². The third kappa shape index (κ3) is 2.43. The average Bonchev–Trinajstić information content (AvgIpc) is 3.22. The topological polar surface area (TPSA) is 60.3 Å². The first-order valence-corrected chi connectivity index (χ1v) is 7.93. The van der Waals surface area contributed by atoms with Crippen molar-refractivity contribution >= 4 is 28.9 Å². The summed E-state index contributed by atoms with van der Waals surface area (Å²) in [4.78, 5) is 24.9. The van der Waals surface area contributed by atoms with Gasteiger partial charge in [-0.25, -0.2) is 4.79 Å². The van der Waals surface area contributed by atoms with Crippen LogP contribution in [0.25, 0.3) is 5.69 Å². The number of amides is 1. The Kier molecular flexibility index (Phi) is 3.24. The summed E-state index contributed by atoms with van der Waals surface area (Å²) in [7, 11) is 0. The van der Waals surface area contributed by atoms with Crippen LogP contribution < -0.4 is 5.32 Å². The molecule has 1 amide bonds. The largest absolute Gasteiger partial charge is 0.456 e. The number of carbonyl (C=O) groups excluding carboxylic acids is 2. The van der Waals surface area contributed by atoms with Gasteiger partial charge in [0.05, 0.1) is 21.8 Å². The van der Waals surface area contributed by atoms with Gasteiger partial charge in [0.25, 0.3) is 5.91 Å². The first kappa shape index (κ1) is 13.8. The second-order valence-corrected chi connectivity index (χ2v) is 6.06. The minimum atomic E-state index is -0.393. The van der Waals surface area contributed by atoms with E-state index in [2.05, 4.69) is 5.32 Å². The van der Waals surface area contributed by atoms with Crippen LogP contribution in [0.4, 0.5) is 5.69 Å². The summed E-state index contributed by atoms with van der Waals surface area (Å²) >= 11 is 1.37. The van der Waals surface area contributed by atoms with Crippen LogP contribution in [0.5, 0.6) is 0 Å². The lowest BCUT2D eigenvalue weighted by atomic mass is 10.1. The van der Waals surface area contributed by atoms with E-state index in [1.54, 1.807) is 18.2 Å². The Morgan fingerprint density at radius 1 is 1.22 bits per heavy atom. The van der Waals surface area contributed by atoms with Crippen molar-refractivity contribution in [3.63, 3.8) is 0 Å². The van der Waals surface area contributed by atoms with Crippen LogP contribution in [0.1, 0.15) is 25.7 Å². The van der Waals surface area contributed by atoms with Crippen LogP contribution in [0, 0.1) is 0 Å². The van der Waals surface area contributed by atoms with E-state index in [1.165, 1.54) is 11.3 Å². The molecule has 0 saturated carbocycles. The molecule has 2 aromatic heterocycles. The van der Waals surface area contributed by atoms with Crippen molar-refractivity contribution in [1.29, 1.82) is 0 Å². The smallest absolute Gasteiger partial charge is 0.340 e. The van der Waals surface area contributed by atoms with Crippen molar-refractivity contribution < 1.29 is 14.3 Å². The maximum atomic E-state index is 12.2. The van der Waals surface area contributed by atoms with Gasteiger partial charge in [-0.15, -0.1) is 11.3 Å². The van der Waals surface area contributed by atoms with Crippen LogP contribution in [0.3, 0.4) is 0 Å². The number of esters is 1. The predicted octanol–water partition coefficient (Wildman–Crippen LogP) is 3.46. The number of cyclic esters (lactones) is 1. The molecule has 1 aliphatic rings. The number of ether oxygens (including phenoxy) is 1. The van der Waals surface area contributed by atoms with Gasteiger partial charge in [0.1, 0.15) is 6.61 Å². The van der Waals surface area contributed by atoms with Crippen molar-refractivity contribution in [2.75, 3.05) is 5.32 Å². The molecule has 0 fully saturated rings. The molecule has 4 rings (SSSR count). The lowest BCUT2D eigenvalue weighted by Crippen LogP contribution is -2.12. The predicted molar refractivity (Wildman–Crippen MR) is 87.2 cm³/mol. The van der Waals surface area contributed by atoms with Gasteiger partial charge >= 0.3 is 5.97 Å². The lowest BCUT2D eigenvalue weighted by molar-refractivity contribution is 0.0476. The van der Waals surface area contributed by atoms with Gasteiger partial charge < -0.3 is 14.6 Å². The first-order chi connectivity index (χ1) is 11.2. The highest BCUT2D eigenvalue weighted by atomic mass is 32.1. The normalized spacial score (nSPS) is 12.8. The van der Waals surface area contributed by atoms with E-state index in [9.17, 15) is 9.59 Å². The Bertz CT molecular complexity index is 896. The Labute approximate surface area is 136 Å². The standard InChI is InChI=1S/C17H12N2O3S/c20-16(15-4-2-8-23-15)18-11-5-6-14-13(9-11)17(21)22-10-12-3-1-7-19(12)14/h1-9H,10H2,(H,18,20). The molecule has 0 bridgehead atoms. The van der Waals surface area contributed by atoms with E-state index in [1.807, 2.05) is 40.4 Å². The Morgan fingerprint density at radius 2 is 2.13 bits per heavy atom. The van der Waals surface area contributed by atoms with Crippen molar-refractivity contribution in [1.82, 2.24) is 4.57 Å². The van der Waals surface area contributed by atoms with Crippen molar-refractivity contribution in [2.45, 2.75) is 6.61 Å². The number of carbonyl (C=O) groups is 2. The molecule has 1 aromatic carbocycles. The van der Waals surface area contributed by atoms with Gasteiger partial charge in [0, 0.05) is 11.9 Å².